The van der Waals surface area contributed by atoms with Gasteiger partial charge in [0.1, 0.15) is 5.75 Å². The lowest BCUT2D eigenvalue weighted by Gasteiger charge is -2.12. The van der Waals surface area contributed by atoms with Crippen molar-refractivity contribution in [3.8, 4) is 17.2 Å². The minimum Gasteiger partial charge on any atom is -0.494 e. The Bertz CT molecular complexity index is 1370. The lowest BCUT2D eigenvalue weighted by molar-refractivity contribution is -0.136. The largest absolute Gasteiger partial charge is 0.494 e. The number of hydrogen-bond acceptors (Lipinski definition) is 7. The normalized spacial score (nSPS) is 10.6. The van der Waals surface area contributed by atoms with Crippen molar-refractivity contribution in [2.45, 2.75) is 19.8 Å². The Labute approximate surface area is 241 Å². The molecule has 3 N–H and O–H groups in total. The van der Waals surface area contributed by atoms with Crippen molar-refractivity contribution in [2.24, 2.45) is 5.10 Å². The van der Waals surface area contributed by atoms with Crippen LogP contribution in [0.2, 0.25) is 10.0 Å². The third kappa shape index (κ3) is 9.48. The molecule has 40 heavy (non-hydrogen) atoms. The van der Waals surface area contributed by atoms with E-state index in [-0.39, 0.29) is 6.61 Å². The van der Waals surface area contributed by atoms with Crippen LogP contribution < -0.4 is 30.3 Å². The van der Waals surface area contributed by atoms with Crippen LogP contribution in [-0.4, -0.2) is 44.3 Å². The Hall–Kier alpha value is -4.28. The Kier molecular flexibility index (Phi) is 11.6. The maximum absolute atomic E-state index is 12.3. The first-order valence-corrected chi connectivity index (χ1v) is 13.0. The number of unbranched alkanes of at least 4 members (excludes halogenated alkanes) is 1. The van der Waals surface area contributed by atoms with E-state index >= 15 is 0 Å². The molecule has 3 amide bonds. The topological polar surface area (TPSA) is 127 Å². The zero-order valence-corrected chi connectivity index (χ0v) is 23.3. The number of ether oxygens (including phenoxy) is 3. The third-order valence-electron chi connectivity index (χ3n) is 5.22. The van der Waals surface area contributed by atoms with Crippen molar-refractivity contribution >= 4 is 58.5 Å². The number of nitrogens with zero attached hydrogens (tertiary/aromatic N) is 1. The minimum absolute atomic E-state index is 0.300. The molecule has 0 aliphatic heterocycles. The number of halogens is 2. The number of nitrogens with one attached hydrogen (secondary N) is 3. The van der Waals surface area contributed by atoms with E-state index in [9.17, 15) is 14.4 Å². The van der Waals surface area contributed by atoms with Crippen LogP contribution in [0.4, 0.5) is 11.4 Å². The maximum atomic E-state index is 12.3. The summed E-state index contributed by atoms with van der Waals surface area (Å²) in [5.74, 6) is -0.947. The highest BCUT2D eigenvalue weighted by Crippen LogP contribution is 2.28. The lowest BCUT2D eigenvalue weighted by atomic mass is 10.2. The van der Waals surface area contributed by atoms with Gasteiger partial charge >= 0.3 is 11.8 Å². The van der Waals surface area contributed by atoms with Crippen LogP contribution in [-0.2, 0) is 14.4 Å². The van der Waals surface area contributed by atoms with E-state index in [1.54, 1.807) is 54.6 Å². The number of hydrazone groups is 1. The summed E-state index contributed by atoms with van der Waals surface area (Å²) < 4.78 is 16.5. The molecule has 0 fully saturated rings. The second kappa shape index (κ2) is 15.3. The number of anilines is 2. The van der Waals surface area contributed by atoms with Gasteiger partial charge in [-0.1, -0.05) is 36.5 Å². The van der Waals surface area contributed by atoms with Crippen molar-refractivity contribution in [2.75, 3.05) is 31.0 Å². The molecule has 12 heteroatoms. The predicted molar refractivity (Wildman–Crippen MR) is 155 cm³/mol. The van der Waals surface area contributed by atoms with E-state index in [0.717, 1.165) is 12.8 Å². The van der Waals surface area contributed by atoms with Crippen LogP contribution in [0.15, 0.2) is 65.8 Å². The second-order valence-electron chi connectivity index (χ2n) is 8.25. The molecular formula is C28H28Cl2N4O6. The highest BCUT2D eigenvalue weighted by Gasteiger charge is 2.14. The first-order valence-electron chi connectivity index (χ1n) is 12.2. The van der Waals surface area contributed by atoms with Crippen molar-refractivity contribution in [1.82, 2.24) is 5.43 Å². The molecule has 0 aliphatic rings. The second-order valence-corrected chi connectivity index (χ2v) is 9.09. The average Bonchev–Trinajstić information content (AvgIpc) is 2.94. The number of carbonyl (C=O) groups excluding carboxylic acids is 3. The molecule has 0 aromatic heterocycles. The molecule has 0 spiro atoms. The van der Waals surface area contributed by atoms with E-state index in [1.807, 2.05) is 0 Å². The van der Waals surface area contributed by atoms with Crippen LogP contribution in [0.25, 0.3) is 0 Å². The number of methoxy groups -OCH3 is 1. The molecule has 3 aromatic carbocycles. The van der Waals surface area contributed by atoms with Crippen LogP contribution >= 0.6 is 23.2 Å². The van der Waals surface area contributed by atoms with Gasteiger partial charge in [0, 0.05) is 10.7 Å². The molecule has 0 saturated carbocycles. The Morgan fingerprint density at radius 1 is 0.900 bits per heavy atom. The summed E-state index contributed by atoms with van der Waals surface area (Å²) >= 11 is 11.9. The number of carbonyl (C=O) groups is 3. The highest BCUT2D eigenvalue weighted by atomic mass is 35.5. The van der Waals surface area contributed by atoms with Gasteiger partial charge in [-0.2, -0.15) is 5.10 Å². The SMILES string of the molecule is CCCCOc1ccc(NC(=O)C(=O)N/N=C\c2ccc(OCC(=O)Nc3ccc(Cl)cc3Cl)c(OC)c2)cc1. The van der Waals surface area contributed by atoms with Crippen molar-refractivity contribution < 1.29 is 28.6 Å². The Morgan fingerprint density at radius 2 is 1.68 bits per heavy atom. The standard InChI is InChI=1S/C28H28Cl2N4O6/c1-3-4-13-39-21-9-7-20(8-10-21)32-27(36)28(37)34-31-16-18-5-12-24(25(14-18)38-2)40-17-26(35)33-23-11-6-19(29)15-22(23)30/h5-12,14-16H,3-4,13,17H2,1-2H3,(H,32,36)(H,33,35)(H,34,37)/b31-16-. The minimum atomic E-state index is -0.946. The van der Waals surface area contributed by atoms with Gasteiger partial charge in [0.25, 0.3) is 5.91 Å². The number of amides is 3. The van der Waals surface area contributed by atoms with Gasteiger partial charge in [0.2, 0.25) is 0 Å². The van der Waals surface area contributed by atoms with Crippen molar-refractivity contribution in [3.05, 3.63) is 76.3 Å². The molecule has 0 heterocycles. The molecule has 0 saturated heterocycles. The average molecular weight is 587 g/mol. The molecule has 0 atom stereocenters. The van der Waals surface area contributed by atoms with E-state index in [1.165, 1.54) is 19.4 Å². The van der Waals surface area contributed by atoms with Gasteiger partial charge in [-0.25, -0.2) is 5.43 Å². The summed E-state index contributed by atoms with van der Waals surface area (Å²) in [4.78, 5) is 36.5. The smallest absolute Gasteiger partial charge is 0.329 e. The highest BCUT2D eigenvalue weighted by molar-refractivity contribution is 6.39. The van der Waals surface area contributed by atoms with Crippen LogP contribution in [0, 0.1) is 0 Å². The lowest BCUT2D eigenvalue weighted by Crippen LogP contribution is -2.32. The number of rotatable bonds is 12. The molecule has 0 bridgehead atoms. The van der Waals surface area contributed by atoms with E-state index in [4.69, 9.17) is 37.4 Å². The maximum Gasteiger partial charge on any atom is 0.329 e. The molecule has 210 valence electrons. The summed E-state index contributed by atoms with van der Waals surface area (Å²) in [6.45, 7) is 2.39. The molecule has 3 aromatic rings. The molecular weight excluding hydrogens is 559 g/mol. The monoisotopic (exact) mass is 586 g/mol. The zero-order valence-electron chi connectivity index (χ0n) is 21.8. The van der Waals surface area contributed by atoms with E-state index < -0.39 is 17.7 Å². The molecule has 0 radical (unpaired) electrons. The number of benzene rings is 3. The summed E-state index contributed by atoms with van der Waals surface area (Å²) in [5.41, 5.74) is 3.56. The van der Waals surface area contributed by atoms with Gasteiger partial charge in [-0.3, -0.25) is 14.4 Å². The fourth-order valence-electron chi connectivity index (χ4n) is 3.18. The van der Waals surface area contributed by atoms with Gasteiger partial charge < -0.3 is 24.8 Å². The third-order valence-corrected chi connectivity index (χ3v) is 5.76. The molecule has 3 rings (SSSR count). The Morgan fingerprint density at radius 3 is 2.38 bits per heavy atom. The van der Waals surface area contributed by atoms with E-state index in [0.29, 0.717) is 50.8 Å². The molecule has 0 aliphatic carbocycles. The van der Waals surface area contributed by atoms with Gasteiger partial charge in [-0.15, -0.1) is 0 Å². The molecule has 10 nitrogen and oxygen atoms in total. The number of hydrogen-bond donors (Lipinski definition) is 3. The van der Waals surface area contributed by atoms with Gasteiger partial charge in [0.05, 0.1) is 30.6 Å². The zero-order chi connectivity index (χ0) is 28.9. The van der Waals surface area contributed by atoms with Crippen LogP contribution in [0.1, 0.15) is 25.3 Å². The summed E-state index contributed by atoms with van der Waals surface area (Å²) in [7, 11) is 1.44. The summed E-state index contributed by atoms with van der Waals surface area (Å²) in [6.07, 6.45) is 3.31. The van der Waals surface area contributed by atoms with Crippen molar-refractivity contribution in [3.63, 3.8) is 0 Å². The van der Waals surface area contributed by atoms with Crippen LogP contribution in [0.3, 0.4) is 0 Å². The first-order chi connectivity index (χ1) is 19.3. The first kappa shape index (κ1) is 30.3. The fourth-order valence-corrected chi connectivity index (χ4v) is 3.63. The van der Waals surface area contributed by atoms with E-state index in [2.05, 4.69) is 28.1 Å². The molecule has 0 unspecified atom stereocenters. The predicted octanol–water partition coefficient (Wildman–Crippen LogP) is 5.29. The summed E-state index contributed by atoms with van der Waals surface area (Å²) in [5, 5.41) is 9.69. The Balaban J connectivity index is 1.48. The van der Waals surface area contributed by atoms with Gasteiger partial charge in [-0.05, 0) is 72.6 Å². The van der Waals surface area contributed by atoms with Gasteiger partial charge in [0.15, 0.2) is 18.1 Å². The summed E-state index contributed by atoms with van der Waals surface area (Å²) in [6, 6.07) is 16.2. The van der Waals surface area contributed by atoms with Crippen LogP contribution in [0.5, 0.6) is 17.2 Å². The fraction of sp³-hybridized carbons (Fsp3) is 0.214. The quantitative estimate of drug-likeness (QED) is 0.114. The van der Waals surface area contributed by atoms with Crippen molar-refractivity contribution in [1.29, 1.82) is 0 Å².